The lowest BCUT2D eigenvalue weighted by Gasteiger charge is -2.16. The van der Waals surface area contributed by atoms with Crippen LogP contribution in [0.25, 0.3) is 0 Å². The van der Waals surface area contributed by atoms with Gasteiger partial charge in [-0.2, -0.15) is 0 Å². The molecular formula is C11H18N2O2S. The molecule has 0 aliphatic heterocycles. The Morgan fingerprint density at radius 1 is 1.50 bits per heavy atom. The van der Waals surface area contributed by atoms with Crippen molar-refractivity contribution in [3.05, 3.63) is 23.9 Å². The molecule has 90 valence electrons. The molecule has 0 N–H and O–H groups in total. The molecule has 0 fully saturated rings. The van der Waals surface area contributed by atoms with Gasteiger partial charge < -0.3 is 4.74 Å². The normalized spacial score (nSPS) is 12.8. The maximum atomic E-state index is 11.2. The van der Waals surface area contributed by atoms with Crippen molar-refractivity contribution in [1.82, 2.24) is 9.29 Å². The molecule has 0 spiro atoms. The predicted octanol–water partition coefficient (Wildman–Crippen LogP) is 1.38. The Labute approximate surface area is 99.2 Å². The zero-order valence-electron chi connectivity index (χ0n) is 9.97. The number of rotatable bonds is 6. The van der Waals surface area contributed by atoms with E-state index >= 15 is 0 Å². The van der Waals surface area contributed by atoms with Crippen molar-refractivity contribution in [2.24, 2.45) is 0 Å². The van der Waals surface area contributed by atoms with Crippen LogP contribution in [0.5, 0.6) is 5.88 Å². The van der Waals surface area contributed by atoms with E-state index in [1.807, 2.05) is 30.3 Å². The fraction of sp³-hybridized carbons (Fsp3) is 0.545. The molecule has 0 aliphatic rings. The van der Waals surface area contributed by atoms with Gasteiger partial charge in [0.15, 0.2) is 0 Å². The third-order valence-electron chi connectivity index (χ3n) is 2.19. The summed E-state index contributed by atoms with van der Waals surface area (Å²) in [6.45, 7) is 5.87. The Morgan fingerprint density at radius 3 is 2.75 bits per heavy atom. The smallest absolute Gasteiger partial charge is 0.213 e. The Kier molecular flexibility index (Phi) is 5.42. The summed E-state index contributed by atoms with van der Waals surface area (Å²) < 4.78 is 18.5. The molecule has 1 aromatic heterocycles. The number of nitrogens with zero attached hydrogens (tertiary/aromatic N) is 2. The van der Waals surface area contributed by atoms with E-state index in [2.05, 4.69) is 4.98 Å². The minimum atomic E-state index is -0.932. The number of ether oxygens (including phenoxy) is 1. The molecule has 0 saturated heterocycles. The summed E-state index contributed by atoms with van der Waals surface area (Å²) in [6.07, 6.45) is 3.44. The lowest BCUT2D eigenvalue weighted by atomic mass is 10.3. The van der Waals surface area contributed by atoms with E-state index in [9.17, 15) is 4.21 Å². The number of hydrogen-bond donors (Lipinski definition) is 0. The van der Waals surface area contributed by atoms with Crippen LogP contribution in [0.15, 0.2) is 18.3 Å². The molecular weight excluding hydrogens is 224 g/mol. The highest BCUT2D eigenvalue weighted by molar-refractivity contribution is 7.81. The summed E-state index contributed by atoms with van der Waals surface area (Å²) in [5.74, 6) is 0.614. The average Bonchev–Trinajstić information content (AvgIpc) is 2.26. The summed E-state index contributed by atoms with van der Waals surface area (Å²) in [6, 6.07) is 3.80. The lowest BCUT2D eigenvalue weighted by Crippen LogP contribution is -2.29. The molecule has 1 rings (SSSR count). The topological polar surface area (TPSA) is 42.4 Å². The fourth-order valence-corrected chi connectivity index (χ4v) is 1.96. The number of aryl methyl sites for hydroxylation is 1. The first kappa shape index (κ1) is 13.1. The van der Waals surface area contributed by atoms with Crippen molar-refractivity contribution in [3.8, 4) is 5.88 Å². The highest BCUT2D eigenvalue weighted by Gasteiger charge is 2.05. The van der Waals surface area contributed by atoms with Crippen LogP contribution in [0.2, 0.25) is 0 Å². The number of aromatic nitrogens is 1. The van der Waals surface area contributed by atoms with Gasteiger partial charge in [-0.3, -0.25) is 0 Å². The van der Waals surface area contributed by atoms with Gasteiger partial charge in [-0.15, -0.1) is 0 Å². The molecule has 0 aliphatic carbocycles. The second-order valence-electron chi connectivity index (χ2n) is 3.47. The van der Waals surface area contributed by atoms with Crippen LogP contribution >= 0.6 is 0 Å². The first-order valence-corrected chi connectivity index (χ1v) is 6.79. The van der Waals surface area contributed by atoms with Gasteiger partial charge in [0, 0.05) is 31.6 Å². The van der Waals surface area contributed by atoms with E-state index in [1.165, 1.54) is 0 Å². The van der Waals surface area contributed by atoms with Crippen LogP contribution in [0.3, 0.4) is 0 Å². The van der Waals surface area contributed by atoms with Gasteiger partial charge in [0.2, 0.25) is 5.88 Å². The second kappa shape index (κ2) is 6.60. The molecule has 1 unspecified atom stereocenters. The molecule has 1 atom stereocenters. The number of pyridine rings is 1. The highest BCUT2D eigenvalue weighted by atomic mass is 32.2. The number of hydrogen-bond acceptors (Lipinski definition) is 3. The highest BCUT2D eigenvalue weighted by Crippen LogP contribution is 2.06. The Hall–Kier alpha value is -0.940. The average molecular weight is 242 g/mol. The van der Waals surface area contributed by atoms with Crippen molar-refractivity contribution in [2.75, 3.05) is 26.0 Å². The Morgan fingerprint density at radius 2 is 2.25 bits per heavy atom. The van der Waals surface area contributed by atoms with Crippen LogP contribution in [0.4, 0.5) is 0 Å². The summed E-state index contributed by atoms with van der Waals surface area (Å²) in [5, 5.41) is 0. The Bertz CT molecular complexity index is 340. The van der Waals surface area contributed by atoms with E-state index in [0.717, 1.165) is 12.1 Å². The monoisotopic (exact) mass is 242 g/mol. The molecule has 0 radical (unpaired) electrons. The van der Waals surface area contributed by atoms with Crippen molar-refractivity contribution < 1.29 is 8.95 Å². The minimum absolute atomic E-state index is 0.503. The zero-order chi connectivity index (χ0) is 12.0. The molecule has 16 heavy (non-hydrogen) atoms. The first-order chi connectivity index (χ1) is 7.63. The van der Waals surface area contributed by atoms with Gasteiger partial charge in [0.05, 0.1) is 11.0 Å². The van der Waals surface area contributed by atoms with Gasteiger partial charge in [-0.25, -0.2) is 13.5 Å². The van der Waals surface area contributed by atoms with Gasteiger partial charge in [0.1, 0.15) is 6.61 Å². The van der Waals surface area contributed by atoms with Crippen LogP contribution < -0.4 is 4.74 Å². The standard InChI is InChI=1S/C11H18N2O2S/c1-4-13(16(3)14)7-8-15-11-6-5-10(2)9-12-11/h5-6,9H,4,7-8H2,1-3H3. The maximum absolute atomic E-state index is 11.2. The van der Waals surface area contributed by atoms with Crippen LogP contribution in [-0.4, -0.2) is 39.5 Å². The molecule has 1 heterocycles. The lowest BCUT2D eigenvalue weighted by molar-refractivity contribution is 0.272. The van der Waals surface area contributed by atoms with E-state index in [0.29, 0.717) is 19.0 Å². The summed E-state index contributed by atoms with van der Waals surface area (Å²) in [4.78, 5) is 4.13. The van der Waals surface area contributed by atoms with E-state index in [-0.39, 0.29) is 0 Å². The summed E-state index contributed by atoms with van der Waals surface area (Å²) in [5.41, 5.74) is 1.11. The fourth-order valence-electron chi connectivity index (χ4n) is 1.26. The first-order valence-electron chi connectivity index (χ1n) is 5.27. The third-order valence-corrected chi connectivity index (χ3v) is 3.36. The molecule has 0 amide bonds. The van der Waals surface area contributed by atoms with E-state index < -0.39 is 11.0 Å². The SMILES string of the molecule is CCN(CCOc1ccc(C)cn1)S(C)=O. The molecule has 0 bridgehead atoms. The van der Waals surface area contributed by atoms with E-state index in [4.69, 9.17) is 4.74 Å². The van der Waals surface area contributed by atoms with Crippen molar-refractivity contribution in [3.63, 3.8) is 0 Å². The maximum Gasteiger partial charge on any atom is 0.213 e. The zero-order valence-corrected chi connectivity index (χ0v) is 10.8. The van der Waals surface area contributed by atoms with Gasteiger partial charge in [-0.05, 0) is 12.5 Å². The molecule has 5 heteroatoms. The van der Waals surface area contributed by atoms with E-state index in [1.54, 1.807) is 12.5 Å². The van der Waals surface area contributed by atoms with Gasteiger partial charge in [0.25, 0.3) is 0 Å². The van der Waals surface area contributed by atoms with Crippen LogP contribution in [-0.2, 0) is 11.0 Å². The molecule has 0 saturated carbocycles. The van der Waals surface area contributed by atoms with Crippen molar-refractivity contribution in [2.45, 2.75) is 13.8 Å². The molecule has 0 aromatic carbocycles. The van der Waals surface area contributed by atoms with Gasteiger partial charge >= 0.3 is 0 Å². The van der Waals surface area contributed by atoms with Crippen LogP contribution in [0, 0.1) is 6.92 Å². The quantitative estimate of drug-likeness (QED) is 0.757. The number of likely N-dealkylation sites (N-methyl/N-ethyl adjacent to an activating group) is 1. The summed E-state index contributed by atoms with van der Waals surface area (Å²) in [7, 11) is -0.932. The third kappa shape index (κ3) is 4.28. The summed E-state index contributed by atoms with van der Waals surface area (Å²) >= 11 is 0. The second-order valence-corrected chi connectivity index (χ2v) is 4.83. The van der Waals surface area contributed by atoms with Crippen molar-refractivity contribution >= 4 is 11.0 Å². The van der Waals surface area contributed by atoms with Gasteiger partial charge in [-0.1, -0.05) is 13.0 Å². The Balaban J connectivity index is 2.35. The largest absolute Gasteiger partial charge is 0.476 e. The molecule has 4 nitrogen and oxygen atoms in total. The van der Waals surface area contributed by atoms with Crippen LogP contribution in [0.1, 0.15) is 12.5 Å². The molecule has 1 aromatic rings. The van der Waals surface area contributed by atoms with Crippen molar-refractivity contribution in [1.29, 1.82) is 0 Å². The predicted molar refractivity (Wildman–Crippen MR) is 65.8 cm³/mol. The minimum Gasteiger partial charge on any atom is -0.476 e.